The molecule has 2 N–H and O–H groups in total. The average molecular weight is 380 g/mol. The van der Waals surface area contributed by atoms with Crippen molar-refractivity contribution in [2.75, 3.05) is 29.9 Å². The quantitative estimate of drug-likeness (QED) is 0.804. The van der Waals surface area contributed by atoms with Crippen LogP contribution < -0.4 is 15.5 Å². The van der Waals surface area contributed by atoms with Crippen LogP contribution >= 0.6 is 22.9 Å². The predicted molar refractivity (Wildman–Crippen MR) is 99.9 cm³/mol. The zero-order valence-electron chi connectivity index (χ0n) is 13.6. The van der Waals surface area contributed by atoms with Crippen LogP contribution in [0.3, 0.4) is 0 Å². The number of cyclic esters (lactones) is 1. The van der Waals surface area contributed by atoms with Crippen LogP contribution in [0.15, 0.2) is 36.4 Å². The van der Waals surface area contributed by atoms with Crippen LogP contribution in [0.25, 0.3) is 0 Å². The van der Waals surface area contributed by atoms with Gasteiger partial charge in [0.15, 0.2) is 0 Å². The number of nitrogens with one attached hydrogen (secondary N) is 2. The van der Waals surface area contributed by atoms with Gasteiger partial charge in [-0.3, -0.25) is 9.69 Å². The normalized spacial score (nSPS) is 16.6. The van der Waals surface area contributed by atoms with Gasteiger partial charge in [-0.25, -0.2) is 4.79 Å². The summed E-state index contributed by atoms with van der Waals surface area (Å²) in [5.41, 5.74) is 1.77. The molecule has 1 aromatic heterocycles. The van der Waals surface area contributed by atoms with E-state index in [2.05, 4.69) is 10.6 Å². The van der Waals surface area contributed by atoms with Gasteiger partial charge in [0.05, 0.1) is 22.3 Å². The van der Waals surface area contributed by atoms with Gasteiger partial charge >= 0.3 is 6.09 Å². The van der Waals surface area contributed by atoms with E-state index in [0.717, 1.165) is 17.9 Å². The maximum Gasteiger partial charge on any atom is 0.414 e. The number of nitrogens with zero attached hydrogens (tertiary/aromatic N) is 1. The number of hydrogen-bond donors (Lipinski definition) is 2. The minimum absolute atomic E-state index is 0.221. The van der Waals surface area contributed by atoms with Gasteiger partial charge < -0.3 is 15.4 Å². The molecule has 1 atom stereocenters. The number of ether oxygens (including phenoxy) is 1. The van der Waals surface area contributed by atoms with Crippen molar-refractivity contribution < 1.29 is 14.3 Å². The van der Waals surface area contributed by atoms with Crippen LogP contribution in [0.2, 0.25) is 4.34 Å². The summed E-state index contributed by atoms with van der Waals surface area (Å²) in [7, 11) is 0. The fourth-order valence-electron chi connectivity index (χ4n) is 2.53. The minimum atomic E-state index is -0.408. The molecule has 2 heterocycles. The molecule has 1 aliphatic rings. The number of thiophene rings is 1. The number of rotatable bonds is 6. The SMILES string of the molecule is CCNc1ccc(N2CC(CNC(=O)c3ccc(Cl)s3)OC2=O)cc1. The summed E-state index contributed by atoms with van der Waals surface area (Å²) < 4.78 is 5.89. The van der Waals surface area contributed by atoms with Gasteiger partial charge in [-0.15, -0.1) is 11.3 Å². The molecule has 8 heteroatoms. The van der Waals surface area contributed by atoms with Crippen molar-refractivity contribution in [1.29, 1.82) is 0 Å². The Morgan fingerprint density at radius 3 is 2.72 bits per heavy atom. The van der Waals surface area contributed by atoms with E-state index in [0.29, 0.717) is 15.8 Å². The molecule has 0 aliphatic carbocycles. The first-order valence-corrected chi connectivity index (χ1v) is 9.12. The first-order valence-electron chi connectivity index (χ1n) is 7.92. The van der Waals surface area contributed by atoms with E-state index in [1.54, 1.807) is 17.0 Å². The first kappa shape index (κ1) is 17.6. The minimum Gasteiger partial charge on any atom is -0.442 e. The molecule has 0 saturated carbocycles. The standard InChI is InChI=1S/C17H18ClN3O3S/c1-2-19-11-3-5-12(6-4-11)21-10-13(24-17(21)23)9-20-16(22)14-7-8-15(18)25-14/h3-8,13,19H,2,9-10H2,1H3,(H,20,22). The smallest absolute Gasteiger partial charge is 0.414 e. The highest BCUT2D eigenvalue weighted by Crippen LogP contribution is 2.24. The predicted octanol–water partition coefficient (Wildman–Crippen LogP) is 3.59. The number of benzene rings is 1. The largest absolute Gasteiger partial charge is 0.442 e. The van der Waals surface area contributed by atoms with E-state index in [1.165, 1.54) is 11.3 Å². The van der Waals surface area contributed by atoms with Crippen LogP contribution in [0.4, 0.5) is 16.2 Å². The highest BCUT2D eigenvalue weighted by Gasteiger charge is 2.32. The third kappa shape index (κ3) is 4.24. The molecule has 1 unspecified atom stereocenters. The van der Waals surface area contributed by atoms with Crippen LogP contribution in [0.5, 0.6) is 0 Å². The Labute approximate surface area is 154 Å². The lowest BCUT2D eigenvalue weighted by Gasteiger charge is -2.14. The molecule has 2 amide bonds. The molecule has 3 rings (SSSR count). The van der Waals surface area contributed by atoms with Gasteiger partial charge in [-0.05, 0) is 43.3 Å². The van der Waals surface area contributed by atoms with Crippen molar-refractivity contribution in [3.05, 3.63) is 45.6 Å². The van der Waals surface area contributed by atoms with Gasteiger partial charge in [-0.2, -0.15) is 0 Å². The number of hydrogen-bond acceptors (Lipinski definition) is 5. The molecular formula is C17H18ClN3O3S. The summed E-state index contributed by atoms with van der Waals surface area (Å²) >= 11 is 7.04. The third-order valence-corrected chi connectivity index (χ3v) is 4.95. The van der Waals surface area contributed by atoms with Crippen molar-refractivity contribution in [3.63, 3.8) is 0 Å². The van der Waals surface area contributed by atoms with Crippen LogP contribution in [-0.2, 0) is 4.74 Å². The Hall–Kier alpha value is -2.25. The Balaban J connectivity index is 1.56. The van der Waals surface area contributed by atoms with E-state index in [4.69, 9.17) is 16.3 Å². The Bertz CT molecular complexity index is 763. The fraction of sp³-hybridized carbons (Fsp3) is 0.294. The fourth-order valence-corrected chi connectivity index (χ4v) is 3.49. The molecule has 1 fully saturated rings. The molecule has 0 spiro atoms. The van der Waals surface area contributed by atoms with Gasteiger partial charge in [0.25, 0.3) is 5.91 Å². The molecule has 0 radical (unpaired) electrons. The second-order valence-corrected chi connectivity index (χ2v) is 7.22. The third-order valence-electron chi connectivity index (χ3n) is 3.72. The topological polar surface area (TPSA) is 70.7 Å². The number of halogens is 1. The second kappa shape index (κ2) is 7.76. The first-order chi connectivity index (χ1) is 12.1. The monoisotopic (exact) mass is 379 g/mol. The number of carbonyl (C=O) groups is 2. The molecule has 1 aromatic carbocycles. The lowest BCUT2D eigenvalue weighted by atomic mass is 10.2. The van der Waals surface area contributed by atoms with E-state index in [-0.39, 0.29) is 18.6 Å². The lowest BCUT2D eigenvalue weighted by molar-refractivity contribution is 0.0920. The Morgan fingerprint density at radius 2 is 2.08 bits per heavy atom. The number of anilines is 2. The highest BCUT2D eigenvalue weighted by molar-refractivity contribution is 7.17. The van der Waals surface area contributed by atoms with Crippen molar-refractivity contribution >= 4 is 46.3 Å². The van der Waals surface area contributed by atoms with Gasteiger partial charge in [0.2, 0.25) is 0 Å². The number of amides is 2. The summed E-state index contributed by atoms with van der Waals surface area (Å²) in [6.45, 7) is 3.51. The van der Waals surface area contributed by atoms with Crippen molar-refractivity contribution in [1.82, 2.24) is 5.32 Å². The molecular weight excluding hydrogens is 362 g/mol. The van der Waals surface area contributed by atoms with Crippen molar-refractivity contribution in [3.8, 4) is 0 Å². The van der Waals surface area contributed by atoms with E-state index >= 15 is 0 Å². The van der Waals surface area contributed by atoms with E-state index < -0.39 is 6.09 Å². The van der Waals surface area contributed by atoms with Crippen molar-refractivity contribution in [2.45, 2.75) is 13.0 Å². The summed E-state index contributed by atoms with van der Waals surface area (Å²) in [6, 6.07) is 10.9. The second-order valence-electron chi connectivity index (χ2n) is 5.51. The Kier molecular flexibility index (Phi) is 5.45. The molecule has 2 aromatic rings. The molecule has 1 saturated heterocycles. The molecule has 0 bridgehead atoms. The van der Waals surface area contributed by atoms with Crippen molar-refractivity contribution in [2.24, 2.45) is 0 Å². The molecule has 25 heavy (non-hydrogen) atoms. The molecule has 1 aliphatic heterocycles. The number of carbonyl (C=O) groups excluding carboxylic acids is 2. The summed E-state index contributed by atoms with van der Waals surface area (Å²) in [5.74, 6) is -0.221. The summed E-state index contributed by atoms with van der Waals surface area (Å²) in [4.78, 5) is 26.2. The van der Waals surface area contributed by atoms with Gasteiger partial charge in [-0.1, -0.05) is 11.6 Å². The zero-order chi connectivity index (χ0) is 17.8. The molecule has 6 nitrogen and oxygen atoms in total. The maximum absolute atomic E-state index is 12.1. The summed E-state index contributed by atoms with van der Waals surface area (Å²) in [5, 5.41) is 5.98. The van der Waals surface area contributed by atoms with Crippen LogP contribution in [0, 0.1) is 0 Å². The van der Waals surface area contributed by atoms with E-state index in [1.807, 2.05) is 31.2 Å². The average Bonchev–Trinajstić information content (AvgIpc) is 3.20. The Morgan fingerprint density at radius 1 is 1.32 bits per heavy atom. The zero-order valence-corrected chi connectivity index (χ0v) is 15.2. The van der Waals surface area contributed by atoms with Gasteiger partial charge in [0.1, 0.15) is 6.10 Å². The van der Waals surface area contributed by atoms with Crippen LogP contribution in [0.1, 0.15) is 16.6 Å². The van der Waals surface area contributed by atoms with E-state index in [9.17, 15) is 9.59 Å². The molecule has 132 valence electrons. The van der Waals surface area contributed by atoms with Crippen LogP contribution in [-0.4, -0.2) is 37.7 Å². The lowest BCUT2D eigenvalue weighted by Crippen LogP contribution is -2.34. The highest BCUT2D eigenvalue weighted by atomic mass is 35.5. The summed E-state index contributed by atoms with van der Waals surface area (Å²) in [6.07, 6.45) is -0.796. The van der Waals surface area contributed by atoms with Gasteiger partial charge in [0, 0.05) is 17.9 Å². The maximum atomic E-state index is 12.1.